The minimum Gasteiger partial charge on any atom is -0.296 e. The molecule has 0 aromatic carbocycles. The molecule has 0 aromatic rings. The van der Waals surface area contributed by atoms with Crippen molar-refractivity contribution in [2.24, 2.45) is 5.41 Å². The second-order valence-corrected chi connectivity index (χ2v) is 5.95. The van der Waals surface area contributed by atoms with Crippen molar-refractivity contribution in [3.8, 4) is 0 Å². The number of hydrogen-bond acceptors (Lipinski definition) is 3. The third kappa shape index (κ3) is 1.48. The fourth-order valence-electron chi connectivity index (χ4n) is 1.47. The van der Waals surface area contributed by atoms with Crippen LogP contribution in [0.25, 0.3) is 0 Å². The Morgan fingerprint density at radius 3 is 2.18 bits per heavy atom. The molecule has 2 rings (SSSR count). The topological polar surface area (TPSA) is 35.5 Å². The average molecular weight is 197 g/mol. The Bertz CT molecular complexity index is 200. The molecule has 0 N–H and O–H groups in total. The van der Waals surface area contributed by atoms with Gasteiger partial charge in [0.1, 0.15) is 0 Å². The van der Waals surface area contributed by atoms with Crippen molar-refractivity contribution in [3.05, 3.63) is 0 Å². The van der Waals surface area contributed by atoms with Crippen LogP contribution in [0, 0.1) is 5.41 Å². The van der Waals surface area contributed by atoms with Gasteiger partial charge in [0, 0.05) is 16.7 Å². The molecular formula is C6H10ClO3P. The summed E-state index contributed by atoms with van der Waals surface area (Å²) in [4.78, 5) is 0. The summed E-state index contributed by atoms with van der Waals surface area (Å²) in [6.45, 7) is -2.16. The third-order valence-corrected chi connectivity index (χ3v) is 3.92. The number of rotatable bonds is 0. The first kappa shape index (κ1) is 8.06. The van der Waals surface area contributed by atoms with E-state index in [0.717, 1.165) is 12.8 Å². The minimum absolute atomic E-state index is 0.156. The molecule has 64 valence electrons. The van der Waals surface area contributed by atoms with Crippen LogP contribution in [0.4, 0.5) is 0 Å². The largest absolute Gasteiger partial charge is 0.424 e. The highest BCUT2D eigenvalue weighted by Gasteiger charge is 2.45. The van der Waals surface area contributed by atoms with Crippen LogP contribution in [0.3, 0.4) is 0 Å². The summed E-state index contributed by atoms with van der Waals surface area (Å²) >= 11 is 5.39. The molecule has 2 aliphatic rings. The van der Waals surface area contributed by atoms with Crippen molar-refractivity contribution in [3.63, 3.8) is 0 Å². The van der Waals surface area contributed by atoms with Crippen molar-refractivity contribution in [1.29, 1.82) is 0 Å². The standard InChI is InChI=1S/C6H10ClO3P/c7-11(8)9-4-6(5-10-11)2-1-3-6/h1-5H2. The summed E-state index contributed by atoms with van der Waals surface area (Å²) < 4.78 is 20.8. The number of halogens is 1. The Labute approximate surface area is 70.3 Å². The molecule has 1 aliphatic carbocycles. The molecule has 0 aromatic heterocycles. The molecule has 11 heavy (non-hydrogen) atoms. The molecule has 2 fully saturated rings. The van der Waals surface area contributed by atoms with Crippen molar-refractivity contribution in [1.82, 2.24) is 0 Å². The Morgan fingerprint density at radius 2 is 1.82 bits per heavy atom. The van der Waals surface area contributed by atoms with Crippen LogP contribution in [-0.4, -0.2) is 13.2 Å². The zero-order chi connectivity index (χ0) is 7.95. The first-order valence-electron chi connectivity index (χ1n) is 3.71. The SMILES string of the molecule is O=P1(Cl)OCC2(CCC2)CO1. The molecule has 1 saturated carbocycles. The van der Waals surface area contributed by atoms with E-state index < -0.39 is 6.95 Å². The summed E-state index contributed by atoms with van der Waals surface area (Å²) in [5, 5.41) is 0. The van der Waals surface area contributed by atoms with E-state index in [9.17, 15) is 4.57 Å². The van der Waals surface area contributed by atoms with Gasteiger partial charge in [-0.3, -0.25) is 9.05 Å². The maximum Gasteiger partial charge on any atom is 0.424 e. The third-order valence-electron chi connectivity index (χ3n) is 2.46. The Kier molecular flexibility index (Phi) is 1.80. The van der Waals surface area contributed by atoms with Crippen LogP contribution >= 0.6 is 18.2 Å². The van der Waals surface area contributed by atoms with E-state index in [1.807, 2.05) is 0 Å². The molecule has 0 radical (unpaired) electrons. The maximum atomic E-state index is 11.0. The summed E-state index contributed by atoms with van der Waals surface area (Å²) in [6.07, 6.45) is 3.45. The van der Waals surface area contributed by atoms with Crippen LogP contribution in [0.15, 0.2) is 0 Å². The predicted molar refractivity (Wildman–Crippen MR) is 41.6 cm³/mol. The van der Waals surface area contributed by atoms with E-state index in [4.69, 9.17) is 20.3 Å². The summed E-state index contributed by atoms with van der Waals surface area (Å²) in [7, 11) is 0. The van der Waals surface area contributed by atoms with Gasteiger partial charge in [-0.15, -0.1) is 0 Å². The fraction of sp³-hybridized carbons (Fsp3) is 1.00. The smallest absolute Gasteiger partial charge is 0.296 e. The van der Waals surface area contributed by atoms with Crippen LogP contribution in [0.1, 0.15) is 19.3 Å². The Balaban J connectivity index is 1.99. The second kappa shape index (κ2) is 2.46. The van der Waals surface area contributed by atoms with Crippen molar-refractivity contribution < 1.29 is 13.6 Å². The molecule has 1 aliphatic heterocycles. The first-order chi connectivity index (χ1) is 5.12. The predicted octanol–water partition coefficient (Wildman–Crippen LogP) is 2.55. The van der Waals surface area contributed by atoms with Gasteiger partial charge in [0.2, 0.25) is 0 Å². The van der Waals surface area contributed by atoms with E-state index in [0.29, 0.717) is 13.2 Å². The van der Waals surface area contributed by atoms with E-state index in [2.05, 4.69) is 0 Å². The van der Waals surface area contributed by atoms with Gasteiger partial charge >= 0.3 is 6.95 Å². The molecule has 1 saturated heterocycles. The van der Waals surface area contributed by atoms with Gasteiger partial charge in [-0.25, -0.2) is 4.57 Å². The average Bonchev–Trinajstić information content (AvgIpc) is 1.84. The molecule has 0 atom stereocenters. The van der Waals surface area contributed by atoms with Crippen LogP contribution in [-0.2, 0) is 13.6 Å². The van der Waals surface area contributed by atoms with E-state index in [-0.39, 0.29) is 5.41 Å². The van der Waals surface area contributed by atoms with Gasteiger partial charge < -0.3 is 0 Å². The number of hydrogen-bond donors (Lipinski definition) is 0. The van der Waals surface area contributed by atoms with Crippen molar-refractivity contribution in [2.75, 3.05) is 13.2 Å². The zero-order valence-electron chi connectivity index (χ0n) is 6.09. The van der Waals surface area contributed by atoms with Gasteiger partial charge in [0.05, 0.1) is 13.2 Å². The normalized spacial score (nSPS) is 33.2. The summed E-state index contributed by atoms with van der Waals surface area (Å²) in [5.74, 6) is 0. The highest BCUT2D eigenvalue weighted by molar-refractivity contribution is 7.81. The quantitative estimate of drug-likeness (QED) is 0.559. The summed E-state index contributed by atoms with van der Waals surface area (Å²) in [5.41, 5.74) is 0.156. The van der Waals surface area contributed by atoms with Gasteiger partial charge in [-0.1, -0.05) is 6.42 Å². The maximum absolute atomic E-state index is 11.0. The molecule has 5 heteroatoms. The molecule has 1 spiro atoms. The molecule has 0 bridgehead atoms. The second-order valence-electron chi connectivity index (χ2n) is 3.33. The van der Waals surface area contributed by atoms with E-state index in [1.165, 1.54) is 6.42 Å². The molecule has 1 heterocycles. The minimum atomic E-state index is -3.17. The zero-order valence-corrected chi connectivity index (χ0v) is 7.74. The van der Waals surface area contributed by atoms with Gasteiger partial charge in [0.15, 0.2) is 0 Å². The first-order valence-corrected chi connectivity index (χ1v) is 6.16. The van der Waals surface area contributed by atoms with E-state index >= 15 is 0 Å². The Hall–Kier alpha value is 0.440. The van der Waals surface area contributed by atoms with Crippen LogP contribution in [0.5, 0.6) is 0 Å². The van der Waals surface area contributed by atoms with Crippen molar-refractivity contribution in [2.45, 2.75) is 19.3 Å². The van der Waals surface area contributed by atoms with Gasteiger partial charge in [-0.2, -0.15) is 0 Å². The highest BCUT2D eigenvalue weighted by atomic mass is 35.7. The summed E-state index contributed by atoms with van der Waals surface area (Å²) in [6, 6.07) is 0. The molecule has 3 nitrogen and oxygen atoms in total. The fourth-order valence-corrected chi connectivity index (χ4v) is 2.70. The van der Waals surface area contributed by atoms with Crippen molar-refractivity contribution >= 4 is 18.2 Å². The lowest BCUT2D eigenvalue weighted by molar-refractivity contribution is -0.0305. The molecule has 0 unspecified atom stereocenters. The molecule has 0 amide bonds. The van der Waals surface area contributed by atoms with Crippen LogP contribution < -0.4 is 0 Å². The lowest BCUT2D eigenvalue weighted by Crippen LogP contribution is -2.40. The van der Waals surface area contributed by atoms with Gasteiger partial charge in [0.25, 0.3) is 0 Å². The van der Waals surface area contributed by atoms with E-state index in [1.54, 1.807) is 0 Å². The highest BCUT2D eigenvalue weighted by Crippen LogP contribution is 2.61. The molecular weight excluding hydrogens is 186 g/mol. The lowest BCUT2D eigenvalue weighted by Gasteiger charge is -2.44. The van der Waals surface area contributed by atoms with Gasteiger partial charge in [-0.05, 0) is 12.8 Å². The monoisotopic (exact) mass is 196 g/mol. The lowest BCUT2D eigenvalue weighted by atomic mass is 9.70. The Morgan fingerprint density at radius 1 is 1.27 bits per heavy atom. The van der Waals surface area contributed by atoms with Crippen LogP contribution in [0.2, 0.25) is 0 Å².